The molecule has 10 heteroatoms. The van der Waals surface area contributed by atoms with Crippen LogP contribution in [0.4, 0.5) is 19.0 Å². The van der Waals surface area contributed by atoms with Crippen LogP contribution in [0.25, 0.3) is 0 Å². The number of alkyl halides is 3. The lowest BCUT2D eigenvalue weighted by Crippen LogP contribution is -2.37. The van der Waals surface area contributed by atoms with Gasteiger partial charge < -0.3 is 19.7 Å². The van der Waals surface area contributed by atoms with E-state index in [2.05, 4.69) is 10.3 Å². The number of halogens is 4. The minimum absolute atomic E-state index is 0.0626. The lowest BCUT2D eigenvalue weighted by molar-refractivity contribution is -0.137. The van der Waals surface area contributed by atoms with Gasteiger partial charge in [-0.3, -0.25) is 4.79 Å². The largest absolute Gasteiger partial charge is 0.417 e. The fourth-order valence-corrected chi connectivity index (χ4v) is 4.36. The van der Waals surface area contributed by atoms with Gasteiger partial charge in [0.05, 0.1) is 23.3 Å². The maximum Gasteiger partial charge on any atom is 0.417 e. The number of nitrogens with zero attached hydrogens (tertiary/aromatic N) is 2. The van der Waals surface area contributed by atoms with Crippen molar-refractivity contribution in [2.24, 2.45) is 0 Å². The Morgan fingerprint density at radius 2 is 2.00 bits per heavy atom. The monoisotopic (exact) mass is 483 g/mol. The quantitative estimate of drug-likeness (QED) is 0.657. The molecule has 0 saturated carbocycles. The molecule has 2 aliphatic rings. The van der Waals surface area contributed by atoms with E-state index in [1.165, 1.54) is 0 Å². The summed E-state index contributed by atoms with van der Waals surface area (Å²) in [7, 11) is 0. The van der Waals surface area contributed by atoms with E-state index in [1.807, 2.05) is 12.1 Å². The number of rotatable bonds is 6. The Morgan fingerprint density at radius 1 is 1.24 bits per heavy atom. The first-order chi connectivity index (χ1) is 15.8. The Hall–Kier alpha value is -2.36. The van der Waals surface area contributed by atoms with Gasteiger partial charge in [-0.25, -0.2) is 4.98 Å². The molecule has 6 nitrogen and oxygen atoms in total. The lowest BCUT2D eigenvalue weighted by atomic mass is 10.1. The van der Waals surface area contributed by atoms with E-state index in [0.29, 0.717) is 44.9 Å². The number of carbonyl (C=O) groups is 1. The van der Waals surface area contributed by atoms with Crippen LogP contribution < -0.4 is 10.2 Å². The minimum atomic E-state index is -4.50. The van der Waals surface area contributed by atoms with Crippen molar-refractivity contribution in [3.8, 4) is 0 Å². The third kappa shape index (κ3) is 5.96. The van der Waals surface area contributed by atoms with Crippen LogP contribution in [0.1, 0.15) is 40.7 Å². The molecule has 1 aromatic carbocycles. The van der Waals surface area contributed by atoms with Crippen molar-refractivity contribution in [3.05, 3.63) is 58.2 Å². The van der Waals surface area contributed by atoms with Gasteiger partial charge in [0.25, 0.3) is 5.91 Å². The molecule has 0 spiro atoms. The van der Waals surface area contributed by atoms with Crippen molar-refractivity contribution in [2.45, 2.75) is 44.2 Å². The van der Waals surface area contributed by atoms with Gasteiger partial charge in [0.2, 0.25) is 0 Å². The number of nitrogens with one attached hydrogen (secondary N) is 1. The highest BCUT2D eigenvalue weighted by atomic mass is 35.5. The van der Waals surface area contributed by atoms with Gasteiger partial charge in [0.1, 0.15) is 5.82 Å². The third-order valence-electron chi connectivity index (χ3n) is 5.88. The number of anilines is 1. The number of amides is 1. The molecule has 2 aliphatic heterocycles. The van der Waals surface area contributed by atoms with Crippen LogP contribution >= 0.6 is 11.6 Å². The summed E-state index contributed by atoms with van der Waals surface area (Å²) in [6.45, 7) is 2.64. The number of hydrogen-bond acceptors (Lipinski definition) is 5. The van der Waals surface area contributed by atoms with Crippen LogP contribution in [-0.4, -0.2) is 49.3 Å². The van der Waals surface area contributed by atoms with Crippen molar-refractivity contribution in [3.63, 3.8) is 0 Å². The van der Waals surface area contributed by atoms with E-state index in [0.717, 1.165) is 30.7 Å². The summed E-state index contributed by atoms with van der Waals surface area (Å²) in [6.07, 6.45) is -1.29. The summed E-state index contributed by atoms with van der Waals surface area (Å²) in [5.74, 6) is 0.0752. The highest BCUT2D eigenvalue weighted by Gasteiger charge is 2.33. The molecule has 4 rings (SSSR count). The molecule has 2 aromatic rings. The summed E-state index contributed by atoms with van der Waals surface area (Å²) in [5.41, 5.74) is 0.470. The zero-order valence-corrected chi connectivity index (χ0v) is 18.7. The zero-order valence-electron chi connectivity index (χ0n) is 17.9. The normalized spacial score (nSPS) is 19.6. The molecule has 1 atom stereocenters. The molecule has 178 valence electrons. The zero-order chi connectivity index (χ0) is 23.4. The average Bonchev–Trinajstić information content (AvgIpc) is 3.26. The summed E-state index contributed by atoms with van der Waals surface area (Å²) < 4.78 is 49.9. The molecule has 0 aliphatic carbocycles. The number of aromatic nitrogens is 1. The summed E-state index contributed by atoms with van der Waals surface area (Å²) >= 11 is 6.07. The molecule has 1 unspecified atom stereocenters. The fourth-order valence-electron chi connectivity index (χ4n) is 4.07. The lowest BCUT2D eigenvalue weighted by Gasteiger charge is -2.23. The van der Waals surface area contributed by atoms with Crippen molar-refractivity contribution in [1.82, 2.24) is 10.3 Å². The van der Waals surface area contributed by atoms with Gasteiger partial charge >= 0.3 is 6.18 Å². The van der Waals surface area contributed by atoms with E-state index < -0.39 is 11.7 Å². The average molecular weight is 484 g/mol. The van der Waals surface area contributed by atoms with Crippen molar-refractivity contribution in [2.75, 3.05) is 31.2 Å². The van der Waals surface area contributed by atoms with Gasteiger partial charge in [-0.2, -0.15) is 13.2 Å². The van der Waals surface area contributed by atoms with Crippen LogP contribution in [-0.2, 0) is 22.3 Å². The Labute approximate surface area is 195 Å². The Balaban J connectivity index is 1.36. The smallest absolute Gasteiger partial charge is 0.381 e. The topological polar surface area (TPSA) is 63.7 Å². The molecule has 1 N–H and O–H groups in total. The highest BCUT2D eigenvalue weighted by molar-refractivity contribution is 6.33. The van der Waals surface area contributed by atoms with Crippen LogP contribution in [0, 0.1) is 0 Å². The van der Waals surface area contributed by atoms with E-state index in [-0.39, 0.29) is 28.9 Å². The molecule has 3 heterocycles. The number of hydrogen-bond donors (Lipinski definition) is 1. The third-order valence-corrected chi connectivity index (χ3v) is 6.16. The second kappa shape index (κ2) is 10.3. The predicted molar refractivity (Wildman–Crippen MR) is 117 cm³/mol. The van der Waals surface area contributed by atoms with E-state index >= 15 is 0 Å². The second-order valence-electron chi connectivity index (χ2n) is 8.21. The van der Waals surface area contributed by atoms with Crippen molar-refractivity contribution in [1.29, 1.82) is 0 Å². The van der Waals surface area contributed by atoms with Crippen LogP contribution in [0.3, 0.4) is 0 Å². The molecule has 0 radical (unpaired) electrons. The first kappa shape index (κ1) is 23.8. The van der Waals surface area contributed by atoms with Crippen LogP contribution in [0.5, 0.6) is 0 Å². The molecular weight excluding hydrogens is 459 g/mol. The van der Waals surface area contributed by atoms with Gasteiger partial charge in [-0.15, -0.1) is 0 Å². The summed E-state index contributed by atoms with van der Waals surface area (Å²) in [4.78, 5) is 18.7. The number of carbonyl (C=O) groups excluding carboxylic acids is 1. The van der Waals surface area contributed by atoms with Gasteiger partial charge in [-0.05, 0) is 37.0 Å². The van der Waals surface area contributed by atoms with Crippen molar-refractivity contribution >= 4 is 23.3 Å². The maximum atomic E-state index is 13.0. The van der Waals surface area contributed by atoms with E-state index in [4.69, 9.17) is 21.1 Å². The number of pyridine rings is 1. The molecule has 1 aromatic heterocycles. The Kier molecular flexibility index (Phi) is 7.41. The van der Waals surface area contributed by atoms with Crippen molar-refractivity contribution < 1.29 is 27.4 Å². The minimum Gasteiger partial charge on any atom is -0.381 e. The molecule has 2 saturated heterocycles. The maximum absolute atomic E-state index is 13.0. The van der Waals surface area contributed by atoms with Crippen LogP contribution in [0.15, 0.2) is 36.5 Å². The standard InChI is InChI=1S/C23H25ClF3N3O3/c24-20-11-16(23(25,26)27)12-28-21(20)30-8-5-17(13-30)29-22(31)19-4-2-1-3-15(19)14-33-18-6-9-32-10-7-18/h1-4,11-12,17-18H,5-10,13-14H2,(H,29,31). The number of benzene rings is 1. The van der Waals surface area contributed by atoms with E-state index in [1.54, 1.807) is 17.0 Å². The Morgan fingerprint density at radius 3 is 2.73 bits per heavy atom. The highest BCUT2D eigenvalue weighted by Crippen LogP contribution is 2.34. The molecule has 33 heavy (non-hydrogen) atoms. The first-order valence-electron chi connectivity index (χ1n) is 10.9. The Bertz CT molecular complexity index is 983. The fraction of sp³-hybridized carbons (Fsp3) is 0.478. The van der Waals surface area contributed by atoms with Gasteiger partial charge in [0, 0.05) is 44.1 Å². The summed E-state index contributed by atoms with van der Waals surface area (Å²) in [5, 5.41) is 2.96. The molecule has 0 bridgehead atoms. The molecular formula is C23H25ClF3N3O3. The predicted octanol–water partition coefficient (Wildman–Crippen LogP) is 4.46. The van der Waals surface area contributed by atoms with E-state index in [9.17, 15) is 18.0 Å². The molecule has 1 amide bonds. The number of ether oxygens (including phenoxy) is 2. The van der Waals surface area contributed by atoms with Crippen LogP contribution in [0.2, 0.25) is 5.02 Å². The SMILES string of the molecule is O=C(NC1CCN(c2ncc(C(F)(F)F)cc2Cl)C1)c1ccccc1COC1CCOCC1. The molecule has 2 fully saturated rings. The van der Waals surface area contributed by atoms with Gasteiger partial charge in [-0.1, -0.05) is 29.8 Å². The second-order valence-corrected chi connectivity index (χ2v) is 8.62. The summed E-state index contributed by atoms with van der Waals surface area (Å²) in [6, 6.07) is 8.02. The first-order valence-corrected chi connectivity index (χ1v) is 11.2. The van der Waals surface area contributed by atoms with Gasteiger partial charge in [0.15, 0.2) is 0 Å².